The third-order valence-corrected chi connectivity index (χ3v) is 3.00. The maximum atomic E-state index is 11.3. The van der Waals surface area contributed by atoms with Gasteiger partial charge in [0.2, 0.25) is 0 Å². The SMILES string of the molecule is CCCc1c(C(=O)O)ccc(C(=O)O)c1CC(C)C. The molecule has 4 heteroatoms. The van der Waals surface area contributed by atoms with Gasteiger partial charge in [-0.15, -0.1) is 0 Å². The fourth-order valence-electron chi connectivity index (χ4n) is 2.27. The maximum Gasteiger partial charge on any atom is 0.335 e. The number of carboxylic acid groups (broad SMARTS) is 2. The van der Waals surface area contributed by atoms with E-state index in [4.69, 9.17) is 0 Å². The smallest absolute Gasteiger partial charge is 0.335 e. The van der Waals surface area contributed by atoms with E-state index >= 15 is 0 Å². The van der Waals surface area contributed by atoms with Gasteiger partial charge >= 0.3 is 11.9 Å². The lowest BCUT2D eigenvalue weighted by molar-refractivity contribution is 0.0678. The lowest BCUT2D eigenvalue weighted by Crippen LogP contribution is -2.13. The van der Waals surface area contributed by atoms with Crippen LogP contribution in [0.5, 0.6) is 0 Å². The van der Waals surface area contributed by atoms with Crippen LogP contribution in [0.4, 0.5) is 0 Å². The summed E-state index contributed by atoms with van der Waals surface area (Å²) in [5, 5.41) is 18.5. The summed E-state index contributed by atoms with van der Waals surface area (Å²) in [5.74, 6) is -1.71. The number of hydrogen-bond donors (Lipinski definition) is 2. The second-order valence-electron chi connectivity index (χ2n) is 5.08. The third kappa shape index (κ3) is 3.56. The normalized spacial score (nSPS) is 10.7. The summed E-state index contributed by atoms with van der Waals surface area (Å²) in [6.45, 7) is 5.95. The predicted molar refractivity (Wildman–Crippen MR) is 72.9 cm³/mol. The lowest BCUT2D eigenvalue weighted by Gasteiger charge is -2.16. The quantitative estimate of drug-likeness (QED) is 0.827. The van der Waals surface area contributed by atoms with Gasteiger partial charge in [-0.2, -0.15) is 0 Å². The van der Waals surface area contributed by atoms with Gasteiger partial charge in [0.15, 0.2) is 0 Å². The molecule has 1 rings (SSSR count). The van der Waals surface area contributed by atoms with Gasteiger partial charge < -0.3 is 10.2 Å². The Morgan fingerprint density at radius 2 is 1.53 bits per heavy atom. The molecule has 19 heavy (non-hydrogen) atoms. The van der Waals surface area contributed by atoms with Gasteiger partial charge in [-0.3, -0.25) is 0 Å². The molecule has 1 aromatic rings. The Balaban J connectivity index is 3.50. The fraction of sp³-hybridized carbons (Fsp3) is 0.467. The Bertz CT molecular complexity index is 489. The molecule has 0 bridgehead atoms. The minimum atomic E-state index is -0.995. The molecule has 0 unspecified atom stereocenters. The van der Waals surface area contributed by atoms with Crippen LogP contribution in [-0.4, -0.2) is 22.2 Å². The molecule has 0 saturated carbocycles. The molecule has 104 valence electrons. The molecule has 0 heterocycles. The molecule has 0 aliphatic rings. The zero-order valence-electron chi connectivity index (χ0n) is 11.6. The highest BCUT2D eigenvalue weighted by atomic mass is 16.4. The molecule has 0 spiro atoms. The largest absolute Gasteiger partial charge is 0.478 e. The Labute approximate surface area is 113 Å². The molecule has 0 saturated heterocycles. The van der Waals surface area contributed by atoms with Crippen molar-refractivity contribution in [3.63, 3.8) is 0 Å². The summed E-state index contributed by atoms with van der Waals surface area (Å²) in [7, 11) is 0. The molecular formula is C15H20O4. The first-order valence-electron chi connectivity index (χ1n) is 6.49. The highest BCUT2D eigenvalue weighted by Crippen LogP contribution is 2.24. The van der Waals surface area contributed by atoms with E-state index in [-0.39, 0.29) is 17.0 Å². The topological polar surface area (TPSA) is 74.6 Å². The molecule has 0 aromatic heterocycles. The van der Waals surface area contributed by atoms with Gasteiger partial charge in [0.1, 0.15) is 0 Å². The van der Waals surface area contributed by atoms with Crippen molar-refractivity contribution < 1.29 is 19.8 Å². The minimum absolute atomic E-state index is 0.224. The van der Waals surface area contributed by atoms with Crippen LogP contribution in [-0.2, 0) is 12.8 Å². The summed E-state index contributed by atoms with van der Waals surface area (Å²) >= 11 is 0. The number of benzene rings is 1. The van der Waals surface area contributed by atoms with Crippen LogP contribution in [0.25, 0.3) is 0 Å². The van der Waals surface area contributed by atoms with Gasteiger partial charge in [-0.25, -0.2) is 9.59 Å². The molecule has 0 aliphatic carbocycles. The van der Waals surface area contributed by atoms with Crippen LogP contribution in [0, 0.1) is 5.92 Å². The summed E-state index contributed by atoms with van der Waals surface area (Å²) in [5.41, 5.74) is 1.79. The third-order valence-electron chi connectivity index (χ3n) is 3.00. The van der Waals surface area contributed by atoms with Crippen molar-refractivity contribution in [2.75, 3.05) is 0 Å². The van der Waals surface area contributed by atoms with Gasteiger partial charge in [0, 0.05) is 0 Å². The first kappa shape index (κ1) is 15.2. The maximum absolute atomic E-state index is 11.3. The fourth-order valence-corrected chi connectivity index (χ4v) is 2.27. The highest BCUT2D eigenvalue weighted by Gasteiger charge is 2.20. The van der Waals surface area contributed by atoms with Crippen molar-refractivity contribution in [1.82, 2.24) is 0 Å². The van der Waals surface area contributed by atoms with Crippen LogP contribution < -0.4 is 0 Å². The van der Waals surface area contributed by atoms with Gasteiger partial charge in [-0.05, 0) is 42.0 Å². The zero-order valence-corrected chi connectivity index (χ0v) is 11.6. The van der Waals surface area contributed by atoms with E-state index in [0.717, 1.165) is 6.42 Å². The molecule has 0 radical (unpaired) electrons. The van der Waals surface area contributed by atoms with E-state index in [1.165, 1.54) is 12.1 Å². The highest BCUT2D eigenvalue weighted by molar-refractivity contribution is 5.95. The molecule has 2 N–H and O–H groups in total. The van der Waals surface area contributed by atoms with E-state index in [9.17, 15) is 19.8 Å². The number of carbonyl (C=O) groups is 2. The number of carboxylic acids is 2. The van der Waals surface area contributed by atoms with Crippen molar-refractivity contribution in [1.29, 1.82) is 0 Å². The molecule has 0 amide bonds. The van der Waals surface area contributed by atoms with E-state index in [1.54, 1.807) is 0 Å². The van der Waals surface area contributed by atoms with Crippen LogP contribution in [0.3, 0.4) is 0 Å². The molecule has 0 atom stereocenters. The zero-order chi connectivity index (χ0) is 14.6. The number of aromatic carboxylic acids is 2. The number of rotatable bonds is 6. The molecule has 0 aliphatic heterocycles. The summed E-state index contributed by atoms with van der Waals surface area (Å²) in [4.78, 5) is 22.6. The van der Waals surface area contributed by atoms with E-state index < -0.39 is 11.9 Å². The number of hydrogen-bond acceptors (Lipinski definition) is 2. The molecule has 1 aromatic carbocycles. The average Bonchev–Trinajstić information content (AvgIpc) is 2.29. The van der Waals surface area contributed by atoms with E-state index in [0.29, 0.717) is 24.0 Å². The Kier molecular flexibility index (Phi) is 5.10. The molecule has 4 nitrogen and oxygen atoms in total. The van der Waals surface area contributed by atoms with E-state index in [2.05, 4.69) is 0 Å². The van der Waals surface area contributed by atoms with Gasteiger partial charge in [-0.1, -0.05) is 27.2 Å². The average molecular weight is 264 g/mol. The van der Waals surface area contributed by atoms with Gasteiger partial charge in [0.05, 0.1) is 11.1 Å². The molecule has 0 fully saturated rings. The lowest BCUT2D eigenvalue weighted by atomic mass is 9.88. The van der Waals surface area contributed by atoms with Crippen molar-refractivity contribution in [2.24, 2.45) is 5.92 Å². The van der Waals surface area contributed by atoms with Crippen LogP contribution >= 0.6 is 0 Å². The second kappa shape index (κ2) is 6.36. The first-order chi connectivity index (χ1) is 8.88. The summed E-state index contributed by atoms with van der Waals surface area (Å²) in [6, 6.07) is 2.81. The summed E-state index contributed by atoms with van der Waals surface area (Å²) in [6.07, 6.45) is 1.96. The van der Waals surface area contributed by atoms with Crippen molar-refractivity contribution in [3.8, 4) is 0 Å². The Hall–Kier alpha value is -1.84. The summed E-state index contributed by atoms with van der Waals surface area (Å²) < 4.78 is 0. The second-order valence-corrected chi connectivity index (χ2v) is 5.08. The van der Waals surface area contributed by atoms with Crippen molar-refractivity contribution in [3.05, 3.63) is 34.4 Å². The van der Waals surface area contributed by atoms with Crippen LogP contribution in [0.1, 0.15) is 59.0 Å². The van der Waals surface area contributed by atoms with Crippen molar-refractivity contribution >= 4 is 11.9 Å². The van der Waals surface area contributed by atoms with E-state index in [1.807, 2.05) is 20.8 Å². The van der Waals surface area contributed by atoms with Crippen molar-refractivity contribution in [2.45, 2.75) is 40.0 Å². The first-order valence-corrected chi connectivity index (χ1v) is 6.49. The minimum Gasteiger partial charge on any atom is -0.478 e. The standard InChI is InChI=1S/C15H20O4/c1-4-5-10-11(14(16)17)6-7-12(15(18)19)13(10)8-9(2)3/h6-7,9H,4-5,8H2,1-3H3,(H,16,17)(H,18,19). The molecular weight excluding hydrogens is 244 g/mol. The van der Waals surface area contributed by atoms with Crippen LogP contribution in [0.15, 0.2) is 12.1 Å². The Morgan fingerprint density at radius 3 is 1.89 bits per heavy atom. The Morgan fingerprint density at radius 1 is 1.05 bits per heavy atom. The predicted octanol–water partition coefficient (Wildman–Crippen LogP) is 3.23. The monoisotopic (exact) mass is 264 g/mol. The van der Waals surface area contributed by atoms with Crippen LogP contribution in [0.2, 0.25) is 0 Å². The van der Waals surface area contributed by atoms with Gasteiger partial charge in [0.25, 0.3) is 0 Å².